The van der Waals surface area contributed by atoms with E-state index in [0.29, 0.717) is 33.7 Å². The fraction of sp³-hybridized carbons (Fsp3) is 0.0435. The molecule has 1 aliphatic carbocycles. The summed E-state index contributed by atoms with van der Waals surface area (Å²) >= 11 is 0. The van der Waals surface area contributed by atoms with Crippen LogP contribution in [0.1, 0.15) is 21.5 Å². The first-order valence-corrected chi connectivity index (χ1v) is 8.94. The van der Waals surface area contributed by atoms with Crippen molar-refractivity contribution in [1.29, 1.82) is 5.26 Å². The summed E-state index contributed by atoms with van der Waals surface area (Å²) in [5.74, 6) is -0.855. The van der Waals surface area contributed by atoms with Crippen molar-refractivity contribution in [2.75, 3.05) is 6.61 Å². The smallest absolute Gasteiger partial charge is 0.341 e. The predicted octanol–water partition coefficient (Wildman–Crippen LogP) is 4.01. The number of benzene rings is 2. The summed E-state index contributed by atoms with van der Waals surface area (Å²) in [4.78, 5) is 23.6. The fourth-order valence-corrected chi connectivity index (χ4v) is 3.15. The van der Waals surface area contributed by atoms with Gasteiger partial charge in [0.05, 0.1) is 11.6 Å². The summed E-state index contributed by atoms with van der Waals surface area (Å²) in [6, 6.07) is 18.8. The minimum atomic E-state index is -1.06. The minimum Gasteiger partial charge on any atom is -0.482 e. The molecule has 1 N–H and O–H groups in total. The number of ketones is 1. The zero-order valence-corrected chi connectivity index (χ0v) is 15.5. The molecule has 0 fully saturated rings. The Morgan fingerprint density at radius 2 is 1.87 bits per heavy atom. The van der Waals surface area contributed by atoms with Crippen LogP contribution in [-0.2, 0) is 4.79 Å². The molecular formula is C23H14N2O5. The van der Waals surface area contributed by atoms with Crippen molar-refractivity contribution in [2.45, 2.75) is 0 Å². The lowest BCUT2D eigenvalue weighted by molar-refractivity contribution is -0.139. The van der Waals surface area contributed by atoms with Gasteiger partial charge in [0, 0.05) is 27.8 Å². The van der Waals surface area contributed by atoms with Crippen molar-refractivity contribution in [3.05, 3.63) is 83.6 Å². The molecule has 0 radical (unpaired) electrons. The molecule has 2 aromatic rings. The normalized spacial score (nSPS) is 10.5. The van der Waals surface area contributed by atoms with Crippen molar-refractivity contribution in [3.8, 4) is 34.2 Å². The standard InChI is InChI=1S/C23H14N2O5/c24-11-14-2-1-3-16(10-14)23(28)19-9-8-18-20(19)12-30-25-22(18)15-4-6-17(7-5-15)29-13-21(26)27/h1-10,12H,13H2,(H,26,27). The van der Waals surface area contributed by atoms with Gasteiger partial charge in [-0.2, -0.15) is 5.26 Å². The second kappa shape index (κ2) is 7.89. The van der Waals surface area contributed by atoms with Gasteiger partial charge >= 0.3 is 5.97 Å². The van der Waals surface area contributed by atoms with Gasteiger partial charge in [-0.1, -0.05) is 23.4 Å². The maximum Gasteiger partial charge on any atom is 0.341 e. The van der Waals surface area contributed by atoms with E-state index in [0.717, 1.165) is 11.1 Å². The first-order chi connectivity index (χ1) is 14.6. The van der Waals surface area contributed by atoms with Gasteiger partial charge in [0.2, 0.25) is 0 Å². The lowest BCUT2D eigenvalue weighted by Gasteiger charge is -2.09. The Kier molecular flexibility index (Phi) is 4.97. The predicted molar refractivity (Wildman–Crippen MR) is 106 cm³/mol. The number of carboxylic acid groups (broad SMARTS) is 1. The van der Waals surface area contributed by atoms with E-state index >= 15 is 0 Å². The van der Waals surface area contributed by atoms with Crippen LogP contribution in [0, 0.1) is 11.3 Å². The number of hydrogen-bond acceptors (Lipinski definition) is 6. The van der Waals surface area contributed by atoms with Gasteiger partial charge in [-0.3, -0.25) is 4.79 Å². The van der Waals surface area contributed by atoms with Gasteiger partial charge in [-0.15, -0.1) is 0 Å². The molecule has 2 aromatic carbocycles. The SMILES string of the molecule is N#Cc1cccc(C(=O)c2ccc3c(-c4ccc(OCC(=O)O)cc4)nocc2-3)c1. The summed E-state index contributed by atoms with van der Waals surface area (Å²) in [6.45, 7) is -0.427. The second-order valence-corrected chi connectivity index (χ2v) is 6.47. The molecule has 4 rings (SSSR count). The average Bonchev–Trinajstić information content (AvgIpc) is 3.22. The lowest BCUT2D eigenvalue weighted by atomic mass is 9.98. The van der Waals surface area contributed by atoms with E-state index in [4.69, 9.17) is 19.6 Å². The number of carbonyl (C=O) groups is 2. The van der Waals surface area contributed by atoms with E-state index in [1.54, 1.807) is 60.7 Å². The van der Waals surface area contributed by atoms with E-state index in [9.17, 15) is 9.59 Å². The molecule has 0 spiro atoms. The van der Waals surface area contributed by atoms with Crippen LogP contribution in [0.2, 0.25) is 0 Å². The second-order valence-electron chi connectivity index (χ2n) is 6.47. The fourth-order valence-electron chi connectivity index (χ4n) is 3.15. The zero-order valence-electron chi connectivity index (χ0n) is 15.5. The van der Waals surface area contributed by atoms with Crippen LogP contribution in [0.25, 0.3) is 22.4 Å². The van der Waals surface area contributed by atoms with Gasteiger partial charge < -0.3 is 14.4 Å². The number of hydrogen-bond donors (Lipinski definition) is 1. The van der Waals surface area contributed by atoms with Crippen LogP contribution in [-0.4, -0.2) is 28.6 Å². The van der Waals surface area contributed by atoms with E-state index in [-0.39, 0.29) is 5.78 Å². The Hall–Kier alpha value is -4.44. The Balaban J connectivity index is 1.65. The topological polar surface area (TPSA) is 113 Å². The number of ether oxygens (including phenoxy) is 1. The van der Waals surface area contributed by atoms with Crippen LogP contribution >= 0.6 is 0 Å². The summed E-state index contributed by atoms with van der Waals surface area (Å²) in [5, 5.41) is 21.8. The Morgan fingerprint density at radius 3 is 2.60 bits per heavy atom. The monoisotopic (exact) mass is 398 g/mol. The zero-order chi connectivity index (χ0) is 21.1. The van der Waals surface area contributed by atoms with Gasteiger partial charge in [0.15, 0.2) is 12.4 Å². The van der Waals surface area contributed by atoms with E-state index in [1.807, 2.05) is 6.07 Å². The summed E-state index contributed by atoms with van der Waals surface area (Å²) < 4.78 is 10.4. The molecule has 2 aliphatic rings. The molecule has 146 valence electrons. The molecule has 30 heavy (non-hydrogen) atoms. The van der Waals surface area contributed by atoms with E-state index in [2.05, 4.69) is 5.16 Å². The number of carboxylic acids is 1. The third-order valence-electron chi connectivity index (χ3n) is 4.56. The van der Waals surface area contributed by atoms with Crippen molar-refractivity contribution in [3.63, 3.8) is 0 Å². The molecule has 7 nitrogen and oxygen atoms in total. The first-order valence-electron chi connectivity index (χ1n) is 8.94. The molecule has 0 unspecified atom stereocenters. The lowest BCUT2D eigenvalue weighted by Crippen LogP contribution is -2.09. The molecule has 1 aliphatic heterocycles. The number of fused-ring (bicyclic) bond motifs is 1. The van der Waals surface area contributed by atoms with Crippen molar-refractivity contribution >= 4 is 11.8 Å². The van der Waals surface area contributed by atoms with Crippen molar-refractivity contribution < 1.29 is 24.0 Å². The van der Waals surface area contributed by atoms with Crippen molar-refractivity contribution in [1.82, 2.24) is 5.16 Å². The van der Waals surface area contributed by atoms with Gasteiger partial charge in [0.25, 0.3) is 0 Å². The number of aromatic nitrogens is 1. The molecule has 0 saturated carbocycles. The number of nitriles is 1. The highest BCUT2D eigenvalue weighted by atomic mass is 16.5. The average molecular weight is 398 g/mol. The highest BCUT2D eigenvalue weighted by Gasteiger charge is 2.22. The van der Waals surface area contributed by atoms with Crippen LogP contribution in [0.5, 0.6) is 5.75 Å². The number of rotatable bonds is 6. The Morgan fingerprint density at radius 1 is 1.07 bits per heavy atom. The van der Waals surface area contributed by atoms with Gasteiger partial charge in [-0.25, -0.2) is 4.79 Å². The van der Waals surface area contributed by atoms with Gasteiger partial charge in [-0.05, 0) is 42.5 Å². The molecule has 7 heteroatoms. The molecule has 0 aromatic heterocycles. The maximum atomic E-state index is 13.0. The Labute approximate surface area is 171 Å². The quantitative estimate of drug-likeness (QED) is 0.488. The molecule has 1 heterocycles. The molecule has 0 amide bonds. The molecule has 0 bridgehead atoms. The van der Waals surface area contributed by atoms with E-state index in [1.165, 1.54) is 6.26 Å². The number of carbonyl (C=O) groups excluding carboxylic acids is 1. The molecule has 0 saturated heterocycles. The molecular weight excluding hydrogens is 384 g/mol. The number of aliphatic carboxylic acids is 1. The molecule has 0 atom stereocenters. The third-order valence-corrected chi connectivity index (χ3v) is 4.56. The third kappa shape index (κ3) is 3.62. The van der Waals surface area contributed by atoms with Crippen LogP contribution in [0.4, 0.5) is 0 Å². The highest BCUT2D eigenvalue weighted by molar-refractivity contribution is 6.14. The Bertz CT molecular complexity index is 1250. The maximum absolute atomic E-state index is 13.0. The largest absolute Gasteiger partial charge is 0.482 e. The number of nitrogens with zero attached hydrogens (tertiary/aromatic N) is 2. The summed E-state index contributed by atoms with van der Waals surface area (Å²) in [5.41, 5.74) is 3.90. The minimum absolute atomic E-state index is 0.216. The summed E-state index contributed by atoms with van der Waals surface area (Å²) in [7, 11) is 0. The van der Waals surface area contributed by atoms with Crippen LogP contribution in [0.15, 0.2) is 71.4 Å². The van der Waals surface area contributed by atoms with Gasteiger partial charge in [0.1, 0.15) is 17.7 Å². The first kappa shape index (κ1) is 18.9. The van der Waals surface area contributed by atoms with E-state index < -0.39 is 12.6 Å². The van der Waals surface area contributed by atoms with Crippen LogP contribution < -0.4 is 4.74 Å². The summed E-state index contributed by atoms with van der Waals surface area (Å²) in [6.07, 6.45) is 1.42. The van der Waals surface area contributed by atoms with Crippen LogP contribution in [0.3, 0.4) is 0 Å². The van der Waals surface area contributed by atoms with Crippen molar-refractivity contribution in [2.24, 2.45) is 0 Å². The highest BCUT2D eigenvalue weighted by Crippen LogP contribution is 2.36.